The quantitative estimate of drug-likeness (QED) is 0.388. The van der Waals surface area contributed by atoms with Crippen molar-refractivity contribution in [2.24, 2.45) is 0 Å². The molecule has 0 fully saturated rings. The molecule has 0 spiro atoms. The van der Waals surface area contributed by atoms with Gasteiger partial charge in [0.25, 0.3) is 0 Å². The van der Waals surface area contributed by atoms with Crippen LogP contribution in [-0.4, -0.2) is 11.7 Å². The summed E-state index contributed by atoms with van der Waals surface area (Å²) in [7, 11) is 0. The van der Waals surface area contributed by atoms with E-state index in [0.29, 0.717) is 0 Å². The summed E-state index contributed by atoms with van der Waals surface area (Å²) in [6, 6.07) is 0. The van der Waals surface area contributed by atoms with Gasteiger partial charge in [-0.2, -0.15) is 0 Å². The Bertz CT molecular complexity index is 55.0. The van der Waals surface area contributed by atoms with Crippen LogP contribution in [0.2, 0.25) is 0 Å². The fraction of sp³-hybridized carbons (Fsp3) is 0.200. The number of allylic oxidation sites excluding steroid dienone is 2. The maximum atomic E-state index is 8.06. The Hall–Kier alpha value is -0.560. The molecule has 0 aromatic heterocycles. The molecule has 0 aliphatic carbocycles. The van der Waals surface area contributed by atoms with Crippen LogP contribution in [0.15, 0.2) is 24.8 Å². The van der Waals surface area contributed by atoms with Crippen molar-refractivity contribution < 1.29 is 5.11 Å². The maximum Gasteiger partial charge on any atom is 0.0615 e. The van der Waals surface area contributed by atoms with Crippen molar-refractivity contribution in [3.8, 4) is 0 Å². The summed E-state index contributed by atoms with van der Waals surface area (Å²) in [4.78, 5) is 0. The van der Waals surface area contributed by atoms with Crippen molar-refractivity contribution in [2.45, 2.75) is 0 Å². The van der Waals surface area contributed by atoms with Crippen molar-refractivity contribution in [1.29, 1.82) is 0 Å². The largest absolute Gasteiger partial charge is 0.392 e. The van der Waals surface area contributed by atoms with E-state index in [2.05, 4.69) is 6.58 Å². The van der Waals surface area contributed by atoms with Gasteiger partial charge in [0.2, 0.25) is 0 Å². The molecular formula is C5H8O. The van der Waals surface area contributed by atoms with Crippen molar-refractivity contribution >= 4 is 0 Å². The molecule has 1 heteroatoms. The lowest BCUT2D eigenvalue weighted by Gasteiger charge is -1.68. The van der Waals surface area contributed by atoms with Crippen LogP contribution in [0.5, 0.6) is 0 Å². The Morgan fingerprint density at radius 2 is 2.33 bits per heavy atom. The van der Waals surface area contributed by atoms with E-state index in [1.54, 1.807) is 18.2 Å². The first-order valence-corrected chi connectivity index (χ1v) is 1.80. The van der Waals surface area contributed by atoms with Crippen LogP contribution in [-0.2, 0) is 0 Å². The first kappa shape index (κ1) is 5.44. The molecule has 0 unspecified atom stereocenters. The summed E-state index contributed by atoms with van der Waals surface area (Å²) < 4.78 is 0. The van der Waals surface area contributed by atoms with Crippen LogP contribution in [0.4, 0.5) is 0 Å². The van der Waals surface area contributed by atoms with E-state index in [1.165, 1.54) is 0 Å². The van der Waals surface area contributed by atoms with Crippen LogP contribution in [0, 0.1) is 0 Å². The Labute approximate surface area is 37.6 Å². The van der Waals surface area contributed by atoms with Crippen LogP contribution in [0.25, 0.3) is 0 Å². The molecule has 0 aliphatic rings. The van der Waals surface area contributed by atoms with Crippen molar-refractivity contribution in [3.63, 3.8) is 0 Å². The predicted molar refractivity (Wildman–Crippen MR) is 26.4 cm³/mol. The molecule has 0 radical (unpaired) electrons. The lowest BCUT2D eigenvalue weighted by atomic mass is 11.0. The number of rotatable bonds is 2. The molecule has 0 amide bonds. The topological polar surface area (TPSA) is 20.2 Å². The summed E-state index contributed by atoms with van der Waals surface area (Å²) in [6.07, 6.45) is 4.93. The van der Waals surface area contributed by atoms with Crippen LogP contribution >= 0.6 is 0 Å². The van der Waals surface area contributed by atoms with Gasteiger partial charge in [0.1, 0.15) is 0 Å². The zero-order valence-electron chi connectivity index (χ0n) is 3.59. The minimum atomic E-state index is 0.103. The fourth-order valence-electron chi connectivity index (χ4n) is 0.157. The monoisotopic (exact) mass is 87.1 g/mol. The van der Waals surface area contributed by atoms with E-state index < -0.39 is 0 Å². The third kappa shape index (κ3) is 3.44. The SMILES string of the molecule is C=C/[13CH]=[13CH]/[13CH2]O. The second-order valence-electron chi connectivity index (χ2n) is 0.846. The average molecular weight is 87.1 g/mol. The van der Waals surface area contributed by atoms with Crippen molar-refractivity contribution in [3.05, 3.63) is 24.8 Å². The smallest absolute Gasteiger partial charge is 0.0615 e. The van der Waals surface area contributed by atoms with E-state index in [-0.39, 0.29) is 6.61 Å². The van der Waals surface area contributed by atoms with Crippen LogP contribution < -0.4 is 0 Å². The molecule has 0 heterocycles. The maximum absolute atomic E-state index is 8.06. The highest BCUT2D eigenvalue weighted by Crippen LogP contribution is 1.66. The zero-order valence-corrected chi connectivity index (χ0v) is 3.59. The third-order valence-corrected chi connectivity index (χ3v) is 0.378. The van der Waals surface area contributed by atoms with E-state index in [9.17, 15) is 0 Å². The van der Waals surface area contributed by atoms with E-state index in [0.717, 1.165) is 0 Å². The van der Waals surface area contributed by atoms with E-state index >= 15 is 0 Å². The van der Waals surface area contributed by atoms with Crippen LogP contribution in [0.1, 0.15) is 0 Å². The number of hydrogen-bond acceptors (Lipinski definition) is 1. The second kappa shape index (κ2) is 4.44. The van der Waals surface area contributed by atoms with Gasteiger partial charge in [0.15, 0.2) is 0 Å². The molecule has 0 saturated carbocycles. The van der Waals surface area contributed by atoms with Gasteiger partial charge in [0, 0.05) is 0 Å². The molecule has 34 valence electrons. The summed E-state index contributed by atoms with van der Waals surface area (Å²) in [5.74, 6) is 0. The van der Waals surface area contributed by atoms with Crippen LogP contribution in [0.3, 0.4) is 0 Å². The number of hydrogen-bond donors (Lipinski definition) is 1. The lowest BCUT2D eigenvalue weighted by molar-refractivity contribution is 0.343. The molecule has 0 aliphatic heterocycles. The molecule has 1 N–H and O–H groups in total. The van der Waals surface area contributed by atoms with Crippen molar-refractivity contribution in [2.75, 3.05) is 6.61 Å². The highest BCUT2D eigenvalue weighted by Gasteiger charge is 1.55. The highest BCUT2D eigenvalue weighted by molar-refractivity contribution is 4.96. The van der Waals surface area contributed by atoms with Gasteiger partial charge in [-0.05, 0) is 0 Å². The molecule has 0 aromatic carbocycles. The molecular weight excluding hydrogens is 79.0 g/mol. The standard InChI is InChI=1S/C5H8O/c1-2-3-4-5-6/h2-4,6H,1,5H2/b4-3+/i3+1,4+1,5+1. The fourth-order valence-corrected chi connectivity index (χ4v) is 0.157. The second-order valence-corrected chi connectivity index (χ2v) is 0.846. The van der Waals surface area contributed by atoms with Gasteiger partial charge in [-0.1, -0.05) is 24.8 Å². The van der Waals surface area contributed by atoms with Gasteiger partial charge < -0.3 is 5.11 Å². The summed E-state index contributed by atoms with van der Waals surface area (Å²) in [5, 5.41) is 8.06. The highest BCUT2D eigenvalue weighted by atomic mass is 16.3. The van der Waals surface area contributed by atoms with Gasteiger partial charge in [-0.15, -0.1) is 0 Å². The molecule has 0 atom stereocenters. The van der Waals surface area contributed by atoms with Gasteiger partial charge in [-0.25, -0.2) is 0 Å². The summed E-state index contributed by atoms with van der Waals surface area (Å²) >= 11 is 0. The third-order valence-electron chi connectivity index (χ3n) is 0.378. The molecule has 6 heavy (non-hydrogen) atoms. The van der Waals surface area contributed by atoms with Gasteiger partial charge in [-0.3, -0.25) is 0 Å². The normalized spacial score (nSPS) is 9.50. The average Bonchev–Trinajstić information content (AvgIpc) is 1.61. The number of aliphatic hydroxyl groups is 1. The number of aliphatic hydroxyl groups excluding tert-OH is 1. The summed E-state index contributed by atoms with van der Waals surface area (Å²) in [5.41, 5.74) is 0. The first-order valence-electron chi connectivity index (χ1n) is 1.80. The first-order chi connectivity index (χ1) is 2.91. The minimum absolute atomic E-state index is 0.103. The van der Waals surface area contributed by atoms with E-state index in [1.807, 2.05) is 0 Å². The Morgan fingerprint density at radius 3 is 2.50 bits per heavy atom. The van der Waals surface area contributed by atoms with Crippen molar-refractivity contribution in [1.82, 2.24) is 0 Å². The van der Waals surface area contributed by atoms with Gasteiger partial charge in [0.05, 0.1) is 6.61 Å². The van der Waals surface area contributed by atoms with Gasteiger partial charge >= 0.3 is 0 Å². The summed E-state index contributed by atoms with van der Waals surface area (Å²) in [6.45, 7) is 3.50. The zero-order chi connectivity index (χ0) is 4.83. The molecule has 0 aromatic rings. The Morgan fingerprint density at radius 1 is 1.67 bits per heavy atom. The molecule has 1 nitrogen and oxygen atoms in total. The Kier molecular flexibility index (Phi) is 4.03. The minimum Gasteiger partial charge on any atom is -0.392 e. The predicted octanol–water partition coefficient (Wildman–Crippen LogP) is 0.721. The molecule has 0 bridgehead atoms. The molecule has 0 rings (SSSR count). The van der Waals surface area contributed by atoms with E-state index in [4.69, 9.17) is 5.11 Å². The Balaban J connectivity index is 2.94. The molecule has 0 saturated heterocycles. The lowest BCUT2D eigenvalue weighted by Crippen LogP contribution is -1.66.